The SMILES string of the molecule is CNCc1cc(Br)ccc1OCc1noc(C2CC2)n1. The maximum absolute atomic E-state index is 5.80. The summed E-state index contributed by atoms with van der Waals surface area (Å²) in [5.74, 6) is 2.66. The first-order valence-corrected chi connectivity index (χ1v) is 7.44. The van der Waals surface area contributed by atoms with Gasteiger partial charge in [-0.15, -0.1) is 0 Å². The number of hydrogen-bond acceptors (Lipinski definition) is 5. The average Bonchev–Trinajstić information content (AvgIpc) is 3.18. The molecule has 1 heterocycles. The van der Waals surface area contributed by atoms with Crippen LogP contribution in [0.4, 0.5) is 0 Å². The zero-order valence-electron chi connectivity index (χ0n) is 11.2. The fourth-order valence-electron chi connectivity index (χ4n) is 1.98. The highest BCUT2D eigenvalue weighted by Crippen LogP contribution is 2.38. The lowest BCUT2D eigenvalue weighted by Gasteiger charge is -2.10. The second kappa shape index (κ2) is 5.93. The third-order valence-corrected chi connectivity index (χ3v) is 3.65. The molecular formula is C14H16BrN3O2. The Morgan fingerprint density at radius 3 is 3.05 bits per heavy atom. The van der Waals surface area contributed by atoms with E-state index >= 15 is 0 Å². The first kappa shape index (κ1) is 13.6. The summed E-state index contributed by atoms with van der Waals surface area (Å²) in [5.41, 5.74) is 1.09. The molecule has 1 fully saturated rings. The second-order valence-corrected chi connectivity index (χ2v) is 5.81. The third kappa shape index (κ3) is 3.19. The highest BCUT2D eigenvalue weighted by molar-refractivity contribution is 9.10. The van der Waals surface area contributed by atoms with Crippen molar-refractivity contribution in [1.29, 1.82) is 0 Å². The molecule has 0 spiro atoms. The van der Waals surface area contributed by atoms with Gasteiger partial charge in [-0.3, -0.25) is 0 Å². The Kier molecular flexibility index (Phi) is 4.03. The summed E-state index contributed by atoms with van der Waals surface area (Å²) < 4.78 is 12.0. The predicted molar refractivity (Wildman–Crippen MR) is 77.5 cm³/mol. The quantitative estimate of drug-likeness (QED) is 0.877. The molecule has 0 aliphatic heterocycles. The molecule has 0 saturated heterocycles. The van der Waals surface area contributed by atoms with Crippen LogP contribution >= 0.6 is 15.9 Å². The monoisotopic (exact) mass is 337 g/mol. The molecule has 5 nitrogen and oxygen atoms in total. The lowest BCUT2D eigenvalue weighted by molar-refractivity contribution is 0.282. The minimum absolute atomic E-state index is 0.328. The normalized spacial score (nSPS) is 14.5. The van der Waals surface area contributed by atoms with Crippen LogP contribution in [0.1, 0.15) is 36.0 Å². The van der Waals surface area contributed by atoms with Crippen LogP contribution in [0.2, 0.25) is 0 Å². The van der Waals surface area contributed by atoms with Gasteiger partial charge in [0.2, 0.25) is 11.7 Å². The highest BCUT2D eigenvalue weighted by Gasteiger charge is 2.29. The van der Waals surface area contributed by atoms with Gasteiger partial charge in [-0.2, -0.15) is 4.98 Å². The molecule has 1 aliphatic carbocycles. The van der Waals surface area contributed by atoms with Crippen molar-refractivity contribution in [3.05, 3.63) is 40.0 Å². The van der Waals surface area contributed by atoms with Crippen molar-refractivity contribution in [2.45, 2.75) is 31.9 Å². The van der Waals surface area contributed by atoms with Crippen LogP contribution in [-0.4, -0.2) is 17.2 Å². The van der Waals surface area contributed by atoms with Crippen molar-refractivity contribution in [1.82, 2.24) is 15.5 Å². The van der Waals surface area contributed by atoms with E-state index in [1.54, 1.807) is 0 Å². The Hall–Kier alpha value is -1.40. The van der Waals surface area contributed by atoms with Crippen molar-refractivity contribution in [2.75, 3.05) is 7.05 Å². The van der Waals surface area contributed by atoms with E-state index in [2.05, 4.69) is 31.4 Å². The van der Waals surface area contributed by atoms with Crippen molar-refractivity contribution in [2.24, 2.45) is 0 Å². The largest absolute Gasteiger partial charge is 0.485 e. The standard InChI is InChI=1S/C14H16BrN3O2/c1-16-7-10-6-11(15)4-5-12(10)19-8-13-17-14(20-18-13)9-2-3-9/h4-6,9,16H,2-3,7-8H2,1H3. The van der Waals surface area contributed by atoms with Gasteiger partial charge >= 0.3 is 0 Å². The highest BCUT2D eigenvalue weighted by atomic mass is 79.9. The van der Waals surface area contributed by atoms with Crippen LogP contribution in [0, 0.1) is 0 Å². The minimum atomic E-state index is 0.328. The van der Waals surface area contributed by atoms with E-state index in [-0.39, 0.29) is 0 Å². The van der Waals surface area contributed by atoms with E-state index < -0.39 is 0 Å². The summed E-state index contributed by atoms with van der Waals surface area (Å²) in [6.07, 6.45) is 2.31. The Labute approximate surface area is 125 Å². The van der Waals surface area contributed by atoms with Gasteiger partial charge in [-0.25, -0.2) is 0 Å². The Morgan fingerprint density at radius 1 is 1.45 bits per heavy atom. The van der Waals surface area contributed by atoms with Crippen LogP contribution in [0.5, 0.6) is 5.75 Å². The van der Waals surface area contributed by atoms with Crippen LogP contribution < -0.4 is 10.1 Å². The van der Waals surface area contributed by atoms with Crippen molar-refractivity contribution >= 4 is 15.9 Å². The van der Waals surface area contributed by atoms with E-state index in [0.717, 1.165) is 41.1 Å². The summed E-state index contributed by atoms with van der Waals surface area (Å²) >= 11 is 3.47. The smallest absolute Gasteiger partial charge is 0.229 e. The molecule has 0 bridgehead atoms. The Bertz CT molecular complexity index is 596. The van der Waals surface area contributed by atoms with Gasteiger partial charge in [0.15, 0.2) is 6.61 Å². The van der Waals surface area contributed by atoms with Crippen molar-refractivity contribution < 1.29 is 9.26 Å². The molecule has 0 radical (unpaired) electrons. The molecule has 1 aromatic carbocycles. The number of hydrogen-bond donors (Lipinski definition) is 1. The zero-order valence-corrected chi connectivity index (χ0v) is 12.8. The zero-order chi connectivity index (χ0) is 13.9. The Balaban J connectivity index is 1.67. The van der Waals surface area contributed by atoms with E-state index in [9.17, 15) is 0 Å². The molecular weight excluding hydrogens is 322 g/mol. The molecule has 106 valence electrons. The lowest BCUT2D eigenvalue weighted by atomic mass is 10.2. The molecule has 1 aromatic heterocycles. The molecule has 20 heavy (non-hydrogen) atoms. The molecule has 1 aliphatic rings. The molecule has 3 rings (SSSR count). The van der Waals surface area contributed by atoms with Crippen LogP contribution in [0.15, 0.2) is 27.2 Å². The number of ether oxygens (including phenoxy) is 1. The predicted octanol–water partition coefficient (Wildman–Crippen LogP) is 3.01. The van der Waals surface area contributed by atoms with Crippen LogP contribution in [0.3, 0.4) is 0 Å². The molecule has 6 heteroatoms. The maximum atomic E-state index is 5.80. The van der Waals surface area contributed by atoms with Gasteiger partial charge in [0.25, 0.3) is 0 Å². The van der Waals surface area contributed by atoms with E-state index in [0.29, 0.717) is 18.3 Å². The summed E-state index contributed by atoms with van der Waals surface area (Å²) in [6.45, 7) is 1.07. The molecule has 1 saturated carbocycles. The minimum Gasteiger partial charge on any atom is -0.485 e. The van der Waals surface area contributed by atoms with Gasteiger partial charge in [0.05, 0.1) is 0 Å². The molecule has 0 unspecified atom stereocenters. The summed E-state index contributed by atoms with van der Waals surface area (Å²) in [5, 5.41) is 7.08. The van der Waals surface area contributed by atoms with Gasteiger partial charge in [-0.1, -0.05) is 21.1 Å². The molecule has 1 N–H and O–H groups in total. The number of aromatic nitrogens is 2. The number of halogens is 1. The molecule has 0 atom stereocenters. The fraction of sp³-hybridized carbons (Fsp3) is 0.429. The van der Waals surface area contributed by atoms with Gasteiger partial charge in [-0.05, 0) is 38.1 Å². The Morgan fingerprint density at radius 2 is 2.30 bits per heavy atom. The van der Waals surface area contributed by atoms with Crippen molar-refractivity contribution in [3.63, 3.8) is 0 Å². The number of rotatable bonds is 6. The summed E-state index contributed by atoms with van der Waals surface area (Å²) in [7, 11) is 1.91. The van der Waals surface area contributed by atoms with Crippen LogP contribution in [-0.2, 0) is 13.2 Å². The fourth-order valence-corrected chi connectivity index (χ4v) is 2.39. The lowest BCUT2D eigenvalue weighted by Crippen LogP contribution is -2.08. The first-order valence-electron chi connectivity index (χ1n) is 6.64. The number of nitrogens with one attached hydrogen (secondary N) is 1. The maximum Gasteiger partial charge on any atom is 0.229 e. The first-order chi connectivity index (χ1) is 9.76. The number of benzene rings is 1. The third-order valence-electron chi connectivity index (χ3n) is 3.16. The topological polar surface area (TPSA) is 60.2 Å². The van der Waals surface area contributed by atoms with E-state index in [1.807, 2.05) is 25.2 Å². The van der Waals surface area contributed by atoms with Gasteiger partial charge in [0, 0.05) is 22.5 Å². The second-order valence-electron chi connectivity index (χ2n) is 4.89. The summed E-state index contributed by atoms with van der Waals surface area (Å²) in [6, 6.07) is 5.94. The molecule has 2 aromatic rings. The van der Waals surface area contributed by atoms with Crippen LogP contribution in [0.25, 0.3) is 0 Å². The molecule has 0 amide bonds. The average molecular weight is 338 g/mol. The van der Waals surface area contributed by atoms with Gasteiger partial charge < -0.3 is 14.6 Å². The van der Waals surface area contributed by atoms with Crippen molar-refractivity contribution in [3.8, 4) is 5.75 Å². The van der Waals surface area contributed by atoms with E-state index in [4.69, 9.17) is 9.26 Å². The van der Waals surface area contributed by atoms with Gasteiger partial charge in [0.1, 0.15) is 5.75 Å². The number of nitrogens with zero attached hydrogens (tertiary/aromatic N) is 2. The summed E-state index contributed by atoms with van der Waals surface area (Å²) in [4.78, 5) is 4.35. The van der Waals surface area contributed by atoms with E-state index in [1.165, 1.54) is 0 Å².